The van der Waals surface area contributed by atoms with Gasteiger partial charge in [-0.1, -0.05) is 24.1 Å². The molecule has 1 aromatic rings. The Morgan fingerprint density at radius 3 is 2.88 bits per heavy atom. The molecule has 0 unspecified atom stereocenters. The fourth-order valence-electron chi connectivity index (χ4n) is 2.99. The highest BCUT2D eigenvalue weighted by atomic mass is 35.5. The number of ether oxygens (including phenoxy) is 2. The van der Waals surface area contributed by atoms with E-state index in [4.69, 9.17) is 26.8 Å². The van der Waals surface area contributed by atoms with E-state index in [-0.39, 0.29) is 30.2 Å². The molecule has 2 rings (SSSR count). The van der Waals surface area contributed by atoms with Crippen LogP contribution in [0.15, 0.2) is 18.2 Å². The molecule has 1 aliphatic rings. The number of nitrogens with one attached hydrogen (secondary N) is 1. The number of nitrogens with two attached hydrogens (primary N) is 1. The minimum Gasteiger partial charge on any atom is -0.487 e. The molecule has 136 valence electrons. The first kappa shape index (κ1) is 21.0. The Hall–Kier alpha value is -1.01. The lowest BCUT2D eigenvalue weighted by molar-refractivity contribution is -0.120. The van der Waals surface area contributed by atoms with E-state index in [1.807, 2.05) is 6.92 Å². The molecular weight excluding hydrogens is 351 g/mol. The van der Waals surface area contributed by atoms with Gasteiger partial charge < -0.3 is 20.5 Å². The van der Waals surface area contributed by atoms with E-state index in [2.05, 4.69) is 5.32 Å². The second-order valence-electron chi connectivity index (χ2n) is 5.68. The van der Waals surface area contributed by atoms with Crippen LogP contribution in [-0.4, -0.2) is 32.3 Å². The predicted molar refractivity (Wildman–Crippen MR) is 99.2 cm³/mol. The number of para-hydroxylation sites is 1. The molecule has 5 nitrogen and oxygen atoms in total. The number of carbonyl (C=O) groups excluding carboxylic acids is 1. The highest BCUT2D eigenvalue weighted by Crippen LogP contribution is 2.36. The summed E-state index contributed by atoms with van der Waals surface area (Å²) in [6, 6.07) is 5.33. The van der Waals surface area contributed by atoms with E-state index in [1.165, 1.54) is 0 Å². The molecule has 0 bridgehead atoms. The summed E-state index contributed by atoms with van der Waals surface area (Å²) in [4.78, 5) is 12.5. The van der Waals surface area contributed by atoms with Crippen LogP contribution < -0.4 is 15.8 Å². The Balaban J connectivity index is 0.00000288. The number of benzene rings is 1. The van der Waals surface area contributed by atoms with Gasteiger partial charge in [-0.05, 0) is 44.4 Å². The van der Waals surface area contributed by atoms with E-state index in [0.29, 0.717) is 42.8 Å². The molecule has 1 saturated carbocycles. The van der Waals surface area contributed by atoms with Gasteiger partial charge in [-0.15, -0.1) is 12.4 Å². The number of hydrogen-bond acceptors (Lipinski definition) is 4. The van der Waals surface area contributed by atoms with Crippen LogP contribution in [-0.2, 0) is 9.53 Å². The van der Waals surface area contributed by atoms with Crippen LogP contribution in [0.4, 0.5) is 5.69 Å². The van der Waals surface area contributed by atoms with Crippen LogP contribution in [0.3, 0.4) is 0 Å². The average Bonchev–Trinajstić information content (AvgIpc) is 3.02. The third kappa shape index (κ3) is 5.52. The van der Waals surface area contributed by atoms with Gasteiger partial charge in [-0.25, -0.2) is 0 Å². The summed E-state index contributed by atoms with van der Waals surface area (Å²) in [6.07, 6.45) is 2.95. The van der Waals surface area contributed by atoms with Gasteiger partial charge in [0.05, 0.1) is 17.3 Å². The van der Waals surface area contributed by atoms with Gasteiger partial charge in [0, 0.05) is 12.5 Å². The van der Waals surface area contributed by atoms with Gasteiger partial charge in [0.15, 0.2) is 5.75 Å². The molecule has 0 radical (unpaired) electrons. The summed E-state index contributed by atoms with van der Waals surface area (Å²) in [7, 11) is 0. The minimum atomic E-state index is -0.0322. The summed E-state index contributed by atoms with van der Waals surface area (Å²) >= 11 is 6.20. The van der Waals surface area contributed by atoms with Crippen LogP contribution in [0.1, 0.15) is 26.2 Å². The highest BCUT2D eigenvalue weighted by molar-refractivity contribution is 6.32. The number of carbonyl (C=O) groups is 1. The largest absolute Gasteiger partial charge is 0.487 e. The van der Waals surface area contributed by atoms with Gasteiger partial charge in [0.1, 0.15) is 6.61 Å². The van der Waals surface area contributed by atoms with E-state index in [1.54, 1.807) is 18.2 Å². The van der Waals surface area contributed by atoms with E-state index >= 15 is 0 Å². The topological polar surface area (TPSA) is 73.6 Å². The van der Waals surface area contributed by atoms with Crippen molar-refractivity contribution >= 4 is 35.6 Å². The molecule has 3 N–H and O–H groups in total. The Morgan fingerprint density at radius 1 is 1.38 bits per heavy atom. The fraction of sp³-hybridized carbons (Fsp3) is 0.588. The van der Waals surface area contributed by atoms with Crippen molar-refractivity contribution in [2.24, 2.45) is 17.6 Å². The van der Waals surface area contributed by atoms with Crippen LogP contribution in [0.25, 0.3) is 0 Å². The molecular formula is C17H26Cl2N2O3. The van der Waals surface area contributed by atoms with Crippen LogP contribution >= 0.6 is 24.0 Å². The third-order valence-electron chi connectivity index (χ3n) is 4.20. The lowest BCUT2D eigenvalue weighted by atomic mass is 9.95. The second kappa shape index (κ2) is 10.8. The Labute approximate surface area is 154 Å². The molecule has 1 aliphatic carbocycles. The summed E-state index contributed by atoms with van der Waals surface area (Å²) < 4.78 is 10.9. The molecule has 0 spiro atoms. The maximum Gasteiger partial charge on any atom is 0.227 e. The molecule has 1 aromatic carbocycles. The van der Waals surface area contributed by atoms with E-state index in [0.717, 1.165) is 19.3 Å². The standard InChI is InChI=1S/C17H25ClN2O3.ClH/c1-2-22-9-10-23-16-14(18)7-4-8-15(16)20-17(21)13-6-3-5-12(13)11-19;/h4,7-8,12-13H,2-3,5-6,9-11,19H2,1H3,(H,20,21);1H/t12-,13-;/m1./s1. The molecule has 1 amide bonds. The van der Waals surface area contributed by atoms with Crippen LogP contribution in [0.2, 0.25) is 5.02 Å². The molecule has 1 fully saturated rings. The zero-order valence-corrected chi connectivity index (χ0v) is 15.5. The SMILES string of the molecule is CCOCCOc1c(Cl)cccc1NC(=O)[C@@H]1CCC[C@@H]1CN.Cl. The van der Waals surface area contributed by atoms with Crippen molar-refractivity contribution in [3.63, 3.8) is 0 Å². The molecule has 24 heavy (non-hydrogen) atoms. The van der Waals surface area contributed by atoms with Gasteiger partial charge in [0.2, 0.25) is 5.91 Å². The van der Waals surface area contributed by atoms with Crippen molar-refractivity contribution in [2.75, 3.05) is 31.7 Å². The van der Waals surface area contributed by atoms with Crippen molar-refractivity contribution in [3.8, 4) is 5.75 Å². The lowest BCUT2D eigenvalue weighted by Crippen LogP contribution is -2.30. The molecule has 0 saturated heterocycles. The second-order valence-corrected chi connectivity index (χ2v) is 6.09. The van der Waals surface area contributed by atoms with Gasteiger partial charge >= 0.3 is 0 Å². The number of rotatable bonds is 8. The van der Waals surface area contributed by atoms with E-state index < -0.39 is 0 Å². The first-order valence-corrected chi connectivity index (χ1v) is 8.55. The molecule has 7 heteroatoms. The van der Waals surface area contributed by atoms with Crippen LogP contribution in [0.5, 0.6) is 5.75 Å². The van der Waals surface area contributed by atoms with Crippen molar-refractivity contribution in [2.45, 2.75) is 26.2 Å². The van der Waals surface area contributed by atoms with Gasteiger partial charge in [-0.3, -0.25) is 4.79 Å². The first-order valence-electron chi connectivity index (χ1n) is 8.17. The zero-order chi connectivity index (χ0) is 16.7. The Morgan fingerprint density at radius 2 is 2.17 bits per heavy atom. The lowest BCUT2D eigenvalue weighted by Gasteiger charge is -2.19. The average molecular weight is 377 g/mol. The maximum atomic E-state index is 12.5. The maximum absolute atomic E-state index is 12.5. The number of halogens is 2. The van der Waals surface area contributed by atoms with Crippen LogP contribution in [0, 0.1) is 11.8 Å². The Kier molecular flexibility index (Phi) is 9.44. The van der Waals surface area contributed by atoms with Gasteiger partial charge in [0.25, 0.3) is 0 Å². The third-order valence-corrected chi connectivity index (χ3v) is 4.50. The highest BCUT2D eigenvalue weighted by Gasteiger charge is 2.32. The monoisotopic (exact) mass is 376 g/mol. The number of hydrogen-bond donors (Lipinski definition) is 2. The smallest absolute Gasteiger partial charge is 0.227 e. The molecule has 0 heterocycles. The molecule has 0 aliphatic heterocycles. The van der Waals surface area contributed by atoms with Crippen molar-refractivity contribution < 1.29 is 14.3 Å². The van der Waals surface area contributed by atoms with E-state index in [9.17, 15) is 4.79 Å². The van der Waals surface area contributed by atoms with Crippen molar-refractivity contribution in [3.05, 3.63) is 23.2 Å². The Bertz CT molecular complexity index is 529. The predicted octanol–water partition coefficient (Wildman–Crippen LogP) is 3.49. The first-order chi connectivity index (χ1) is 11.2. The molecule has 2 atom stereocenters. The summed E-state index contributed by atoms with van der Waals surface area (Å²) in [5, 5.41) is 3.43. The zero-order valence-electron chi connectivity index (χ0n) is 13.9. The van der Waals surface area contributed by atoms with Crippen molar-refractivity contribution in [1.82, 2.24) is 0 Å². The fourth-order valence-corrected chi connectivity index (χ4v) is 3.22. The minimum absolute atomic E-state index is 0. The van der Waals surface area contributed by atoms with Crippen molar-refractivity contribution in [1.29, 1.82) is 0 Å². The summed E-state index contributed by atoms with van der Waals surface area (Å²) in [6.45, 7) is 3.97. The summed E-state index contributed by atoms with van der Waals surface area (Å²) in [5.74, 6) is 0.714. The summed E-state index contributed by atoms with van der Waals surface area (Å²) in [5.41, 5.74) is 6.36. The molecule has 0 aromatic heterocycles. The van der Waals surface area contributed by atoms with Gasteiger partial charge in [-0.2, -0.15) is 0 Å². The number of amides is 1. The quantitative estimate of drug-likeness (QED) is 0.681. The normalized spacial score (nSPS) is 19.6. The number of anilines is 1.